The fraction of sp³-hybridized carbons (Fsp3) is 0.429. The van der Waals surface area contributed by atoms with Gasteiger partial charge in [-0.15, -0.1) is 0 Å². The lowest BCUT2D eigenvalue weighted by molar-refractivity contribution is 0.0985. The minimum absolute atomic E-state index is 0.0648. The van der Waals surface area contributed by atoms with E-state index >= 15 is 0 Å². The van der Waals surface area contributed by atoms with Crippen LogP contribution in [0.2, 0.25) is 0 Å². The standard InChI is InChI=1S/C28H34N6O4S/c1-19-18-38-16-15-34(19)25-17-24(28(2,3)39(36,37)23-11-13-29-14-12-23)32-26(33-25)20-7-9-22(10-8-20)31-27(35)30-21-5-4-6-21/h7-14,17,19,21H,4-6,15-16,18H2,1-3H3,(H2,30,31,35)/t19-/m0/s1. The monoisotopic (exact) mass is 550 g/mol. The zero-order valence-electron chi connectivity index (χ0n) is 22.4. The molecular formula is C28H34N6O4S. The molecule has 2 aromatic heterocycles. The third-order valence-electron chi connectivity index (χ3n) is 7.46. The molecule has 2 aliphatic rings. The van der Waals surface area contributed by atoms with Gasteiger partial charge in [-0.25, -0.2) is 23.2 Å². The molecule has 0 bridgehead atoms. The van der Waals surface area contributed by atoms with Gasteiger partial charge in [0.1, 0.15) is 10.6 Å². The predicted molar refractivity (Wildman–Crippen MR) is 149 cm³/mol. The highest BCUT2D eigenvalue weighted by Crippen LogP contribution is 2.36. The van der Waals surface area contributed by atoms with Crippen molar-refractivity contribution in [3.8, 4) is 11.4 Å². The highest BCUT2D eigenvalue weighted by atomic mass is 32.2. The molecule has 0 radical (unpaired) electrons. The Bertz CT molecular complexity index is 1430. The predicted octanol–water partition coefficient (Wildman–Crippen LogP) is 4.15. The molecule has 1 atom stereocenters. The Balaban J connectivity index is 1.50. The van der Waals surface area contributed by atoms with E-state index in [-0.39, 0.29) is 23.0 Å². The summed E-state index contributed by atoms with van der Waals surface area (Å²) in [5, 5.41) is 5.82. The Kier molecular flexibility index (Phi) is 7.55. The Hall–Kier alpha value is -3.57. The molecular weight excluding hydrogens is 516 g/mol. The van der Waals surface area contributed by atoms with Crippen molar-refractivity contribution in [2.45, 2.75) is 61.8 Å². The number of rotatable bonds is 7. The van der Waals surface area contributed by atoms with Crippen LogP contribution in [0.5, 0.6) is 0 Å². The van der Waals surface area contributed by atoms with E-state index in [9.17, 15) is 13.2 Å². The van der Waals surface area contributed by atoms with Crippen molar-refractivity contribution in [1.29, 1.82) is 0 Å². The largest absolute Gasteiger partial charge is 0.377 e. The summed E-state index contributed by atoms with van der Waals surface area (Å²) in [5.41, 5.74) is 1.75. The summed E-state index contributed by atoms with van der Waals surface area (Å²) in [4.78, 5) is 28.1. The van der Waals surface area contributed by atoms with E-state index in [4.69, 9.17) is 14.7 Å². The van der Waals surface area contributed by atoms with Gasteiger partial charge in [-0.1, -0.05) is 0 Å². The summed E-state index contributed by atoms with van der Waals surface area (Å²) in [6.45, 7) is 7.12. The van der Waals surface area contributed by atoms with Crippen molar-refractivity contribution < 1.29 is 17.9 Å². The number of hydrogen-bond donors (Lipinski definition) is 2. The molecule has 3 heterocycles. The summed E-state index contributed by atoms with van der Waals surface area (Å²) in [7, 11) is -3.81. The lowest BCUT2D eigenvalue weighted by Crippen LogP contribution is -2.44. The van der Waals surface area contributed by atoms with Crippen LogP contribution in [0.25, 0.3) is 11.4 Å². The van der Waals surface area contributed by atoms with Crippen LogP contribution in [0.1, 0.15) is 45.7 Å². The number of carbonyl (C=O) groups excluding carboxylic acids is 1. The zero-order valence-corrected chi connectivity index (χ0v) is 23.2. The van der Waals surface area contributed by atoms with Crippen molar-refractivity contribution in [2.24, 2.45) is 0 Å². The first kappa shape index (κ1) is 27.0. The molecule has 2 N–H and O–H groups in total. The SMILES string of the molecule is C[C@H]1COCCN1c1cc(C(C)(C)S(=O)(=O)c2ccncc2)nc(-c2ccc(NC(=O)NC3CCC3)cc2)n1. The maximum Gasteiger partial charge on any atom is 0.319 e. The lowest BCUT2D eigenvalue weighted by atomic mass is 9.93. The second kappa shape index (κ2) is 10.9. The van der Waals surface area contributed by atoms with Gasteiger partial charge in [0.05, 0.1) is 29.8 Å². The van der Waals surface area contributed by atoms with Crippen LogP contribution < -0.4 is 15.5 Å². The van der Waals surface area contributed by atoms with E-state index in [1.807, 2.05) is 12.1 Å². The van der Waals surface area contributed by atoms with Crippen LogP contribution in [0, 0.1) is 0 Å². The Morgan fingerprint density at radius 2 is 1.79 bits per heavy atom. The van der Waals surface area contributed by atoms with Crippen molar-refractivity contribution in [3.63, 3.8) is 0 Å². The average molecular weight is 551 g/mol. The molecule has 39 heavy (non-hydrogen) atoms. The molecule has 1 saturated carbocycles. The number of carbonyl (C=O) groups is 1. The highest BCUT2D eigenvalue weighted by Gasteiger charge is 2.40. The zero-order chi connectivity index (χ0) is 27.6. The molecule has 3 aromatic rings. The van der Waals surface area contributed by atoms with E-state index in [0.717, 1.165) is 19.3 Å². The van der Waals surface area contributed by atoms with Gasteiger partial charge in [0.2, 0.25) is 0 Å². The van der Waals surface area contributed by atoms with Gasteiger partial charge in [-0.3, -0.25) is 4.98 Å². The van der Waals surface area contributed by atoms with Crippen LogP contribution in [0.15, 0.2) is 59.8 Å². The summed E-state index contributed by atoms with van der Waals surface area (Å²) >= 11 is 0. The molecule has 1 aromatic carbocycles. The van der Waals surface area contributed by atoms with E-state index < -0.39 is 14.6 Å². The van der Waals surface area contributed by atoms with E-state index in [1.165, 1.54) is 24.5 Å². The maximum atomic E-state index is 13.7. The number of ether oxygens (including phenoxy) is 1. The number of hydrogen-bond acceptors (Lipinski definition) is 8. The number of urea groups is 1. The molecule has 2 amide bonds. The normalized spacial score (nSPS) is 18.3. The van der Waals surface area contributed by atoms with Crippen LogP contribution in [0.4, 0.5) is 16.3 Å². The van der Waals surface area contributed by atoms with Gasteiger partial charge in [0.15, 0.2) is 15.7 Å². The van der Waals surface area contributed by atoms with Gasteiger partial charge in [-0.05, 0) is 76.4 Å². The third-order valence-corrected chi connectivity index (χ3v) is 9.91. The number of sulfone groups is 1. The summed E-state index contributed by atoms with van der Waals surface area (Å²) in [6, 6.07) is 12.1. The van der Waals surface area contributed by atoms with Gasteiger partial charge in [0, 0.05) is 42.3 Å². The van der Waals surface area contributed by atoms with Crippen molar-refractivity contribution in [1.82, 2.24) is 20.3 Å². The Morgan fingerprint density at radius 1 is 1.08 bits per heavy atom. The van der Waals surface area contributed by atoms with Gasteiger partial charge < -0.3 is 20.3 Å². The van der Waals surface area contributed by atoms with E-state index in [2.05, 4.69) is 27.4 Å². The Labute approximate surface area is 229 Å². The number of morpholine rings is 1. The van der Waals surface area contributed by atoms with Gasteiger partial charge >= 0.3 is 6.03 Å². The van der Waals surface area contributed by atoms with Crippen LogP contribution in [0.3, 0.4) is 0 Å². The molecule has 0 unspecified atom stereocenters. The highest BCUT2D eigenvalue weighted by molar-refractivity contribution is 7.92. The van der Waals surface area contributed by atoms with E-state index in [0.29, 0.717) is 48.3 Å². The number of benzene rings is 1. The quantitative estimate of drug-likeness (QED) is 0.449. The second-order valence-corrected chi connectivity index (χ2v) is 13.1. The average Bonchev–Trinajstić information content (AvgIpc) is 2.91. The molecule has 11 heteroatoms. The molecule has 0 spiro atoms. The molecule has 1 aliphatic heterocycles. The minimum atomic E-state index is -3.81. The summed E-state index contributed by atoms with van der Waals surface area (Å²) < 4.78 is 31.7. The number of nitrogens with zero attached hydrogens (tertiary/aromatic N) is 4. The second-order valence-electron chi connectivity index (χ2n) is 10.6. The number of anilines is 2. The smallest absolute Gasteiger partial charge is 0.319 e. The van der Waals surface area contributed by atoms with Crippen molar-refractivity contribution in [2.75, 3.05) is 30.0 Å². The van der Waals surface area contributed by atoms with Crippen LogP contribution in [-0.4, -0.2) is 61.2 Å². The molecule has 2 fully saturated rings. The first-order valence-electron chi connectivity index (χ1n) is 13.2. The topological polar surface area (TPSA) is 126 Å². The summed E-state index contributed by atoms with van der Waals surface area (Å²) in [6.07, 6.45) is 6.11. The first-order chi connectivity index (χ1) is 18.6. The van der Waals surface area contributed by atoms with Gasteiger partial charge in [-0.2, -0.15) is 0 Å². The van der Waals surface area contributed by atoms with Crippen LogP contribution >= 0.6 is 0 Å². The van der Waals surface area contributed by atoms with Crippen molar-refractivity contribution in [3.05, 3.63) is 60.6 Å². The van der Waals surface area contributed by atoms with Gasteiger partial charge in [0.25, 0.3) is 0 Å². The molecule has 1 saturated heterocycles. The Morgan fingerprint density at radius 3 is 2.44 bits per heavy atom. The van der Waals surface area contributed by atoms with E-state index in [1.54, 1.807) is 32.0 Å². The fourth-order valence-corrected chi connectivity index (χ4v) is 6.09. The number of nitrogens with one attached hydrogen (secondary N) is 2. The van der Waals surface area contributed by atoms with Crippen LogP contribution in [-0.2, 0) is 19.3 Å². The maximum absolute atomic E-state index is 13.7. The fourth-order valence-electron chi connectivity index (χ4n) is 4.64. The third kappa shape index (κ3) is 5.60. The van der Waals surface area contributed by atoms with Crippen molar-refractivity contribution >= 4 is 27.4 Å². The lowest BCUT2D eigenvalue weighted by Gasteiger charge is -2.35. The number of amides is 2. The number of pyridine rings is 1. The molecule has 1 aliphatic carbocycles. The molecule has 5 rings (SSSR count). The molecule has 10 nitrogen and oxygen atoms in total. The minimum Gasteiger partial charge on any atom is -0.377 e. The first-order valence-corrected chi connectivity index (χ1v) is 14.7. The number of aromatic nitrogens is 3. The molecule has 206 valence electrons. The summed E-state index contributed by atoms with van der Waals surface area (Å²) in [5.74, 6) is 1.05.